The minimum Gasteiger partial charge on any atom is -0.497 e. The van der Waals surface area contributed by atoms with Gasteiger partial charge in [0.25, 0.3) is 5.91 Å². The summed E-state index contributed by atoms with van der Waals surface area (Å²) in [6.07, 6.45) is 2.18. The van der Waals surface area contributed by atoms with Crippen LogP contribution in [0.1, 0.15) is 34.5 Å². The molecule has 4 heterocycles. The number of fused-ring (bicyclic) bond motifs is 1. The fourth-order valence-corrected chi connectivity index (χ4v) is 6.17. The van der Waals surface area contributed by atoms with Crippen LogP contribution in [0.25, 0.3) is 22.3 Å². The van der Waals surface area contributed by atoms with Crippen LogP contribution >= 0.6 is 0 Å². The number of aromatic nitrogens is 4. The lowest BCUT2D eigenvalue weighted by Crippen LogP contribution is -2.25. The number of pyridine rings is 2. The van der Waals surface area contributed by atoms with E-state index in [4.69, 9.17) is 4.74 Å². The van der Waals surface area contributed by atoms with Crippen molar-refractivity contribution in [3.63, 3.8) is 0 Å². The summed E-state index contributed by atoms with van der Waals surface area (Å²) in [5.74, 6) is 1.18. The number of nitrogens with one attached hydrogen (secondary N) is 1. The van der Waals surface area contributed by atoms with E-state index in [0.29, 0.717) is 34.7 Å². The summed E-state index contributed by atoms with van der Waals surface area (Å²) in [5.41, 5.74) is 3.44. The smallest absolute Gasteiger partial charge is 0.272 e. The monoisotopic (exact) mass is 491 g/mol. The molecule has 1 fully saturated rings. The van der Waals surface area contributed by atoms with Crippen molar-refractivity contribution in [2.45, 2.75) is 25.9 Å². The second-order valence-electron chi connectivity index (χ2n) is 8.54. The number of benzene rings is 1. The van der Waals surface area contributed by atoms with Gasteiger partial charge in [-0.1, -0.05) is 6.07 Å². The summed E-state index contributed by atoms with van der Waals surface area (Å²) in [6.45, 7) is 2.07. The predicted octanol–water partition coefficient (Wildman–Crippen LogP) is 3.10. The lowest BCUT2D eigenvalue weighted by Gasteiger charge is -2.15. The van der Waals surface area contributed by atoms with E-state index >= 15 is 0 Å². The molecule has 0 bridgehead atoms. The van der Waals surface area contributed by atoms with Crippen molar-refractivity contribution >= 4 is 26.8 Å². The number of sulfone groups is 1. The van der Waals surface area contributed by atoms with E-state index < -0.39 is 9.84 Å². The topological polar surface area (TPSA) is 116 Å². The molecule has 1 saturated heterocycles. The summed E-state index contributed by atoms with van der Waals surface area (Å²) in [6, 6.07) is 14.5. The first kappa shape index (κ1) is 23.0. The van der Waals surface area contributed by atoms with Crippen LogP contribution in [0.2, 0.25) is 0 Å². The molecule has 3 aromatic heterocycles. The zero-order chi connectivity index (χ0) is 24.6. The van der Waals surface area contributed by atoms with E-state index in [-0.39, 0.29) is 35.7 Å². The van der Waals surface area contributed by atoms with Crippen molar-refractivity contribution in [1.82, 2.24) is 24.8 Å². The van der Waals surface area contributed by atoms with Crippen LogP contribution in [-0.4, -0.2) is 52.5 Å². The van der Waals surface area contributed by atoms with Gasteiger partial charge in [0, 0.05) is 11.8 Å². The van der Waals surface area contributed by atoms with Gasteiger partial charge in [0.15, 0.2) is 15.5 Å². The van der Waals surface area contributed by atoms with E-state index in [1.54, 1.807) is 13.3 Å². The highest BCUT2D eigenvalue weighted by Gasteiger charge is 2.32. The maximum absolute atomic E-state index is 13.3. The number of hydrogen-bond donors (Lipinski definition) is 1. The molecule has 0 aliphatic carbocycles. The van der Waals surface area contributed by atoms with Gasteiger partial charge in [0.2, 0.25) is 0 Å². The van der Waals surface area contributed by atoms with Gasteiger partial charge in [-0.15, -0.1) is 0 Å². The lowest BCUT2D eigenvalue weighted by molar-refractivity contribution is 0.0947. The summed E-state index contributed by atoms with van der Waals surface area (Å²) in [4.78, 5) is 26.9. The molecule has 1 aliphatic rings. The first-order chi connectivity index (χ1) is 16.8. The quantitative estimate of drug-likeness (QED) is 0.441. The molecule has 1 N–H and O–H groups in total. The maximum Gasteiger partial charge on any atom is 0.272 e. The van der Waals surface area contributed by atoms with Crippen molar-refractivity contribution in [3.8, 4) is 17.0 Å². The molecular weight excluding hydrogens is 466 g/mol. The molecule has 180 valence electrons. The highest BCUT2D eigenvalue weighted by Crippen LogP contribution is 2.32. The van der Waals surface area contributed by atoms with Gasteiger partial charge in [-0.05, 0) is 55.8 Å². The fourth-order valence-electron chi connectivity index (χ4n) is 4.47. The average molecular weight is 492 g/mol. The second-order valence-corrected chi connectivity index (χ2v) is 10.8. The molecule has 5 rings (SSSR count). The Morgan fingerprint density at radius 1 is 1.17 bits per heavy atom. The van der Waals surface area contributed by atoms with Gasteiger partial charge in [-0.25, -0.2) is 18.4 Å². The Morgan fingerprint density at radius 3 is 2.63 bits per heavy atom. The number of aryl methyl sites for hydroxylation is 1. The number of ether oxygens (including phenoxy) is 1. The Labute approximate surface area is 203 Å². The first-order valence-electron chi connectivity index (χ1n) is 11.3. The summed E-state index contributed by atoms with van der Waals surface area (Å²) < 4.78 is 31.6. The zero-order valence-corrected chi connectivity index (χ0v) is 20.2. The summed E-state index contributed by atoms with van der Waals surface area (Å²) in [5, 5.41) is 2.89. The molecule has 1 aromatic carbocycles. The van der Waals surface area contributed by atoms with Crippen molar-refractivity contribution in [3.05, 3.63) is 71.9 Å². The molecule has 4 aromatic rings. The van der Waals surface area contributed by atoms with Crippen molar-refractivity contribution in [1.29, 1.82) is 0 Å². The number of nitrogens with zero attached hydrogens (tertiary/aromatic N) is 4. The van der Waals surface area contributed by atoms with Gasteiger partial charge < -0.3 is 14.6 Å². The third kappa shape index (κ3) is 4.61. The number of carbonyl (C=O) groups excluding carboxylic acids is 1. The fraction of sp³-hybridized carbons (Fsp3) is 0.280. The van der Waals surface area contributed by atoms with Crippen LogP contribution in [0.15, 0.2) is 54.7 Å². The number of methoxy groups -OCH3 is 1. The Morgan fingerprint density at radius 2 is 1.97 bits per heavy atom. The molecule has 1 unspecified atom stereocenters. The first-order valence-corrected chi connectivity index (χ1v) is 13.1. The van der Waals surface area contributed by atoms with Gasteiger partial charge in [-0.3, -0.25) is 9.78 Å². The largest absolute Gasteiger partial charge is 0.497 e. The van der Waals surface area contributed by atoms with Gasteiger partial charge in [-0.2, -0.15) is 0 Å². The third-order valence-corrected chi connectivity index (χ3v) is 7.94. The van der Waals surface area contributed by atoms with Gasteiger partial charge in [0.1, 0.15) is 17.1 Å². The molecule has 1 amide bonds. The predicted molar refractivity (Wildman–Crippen MR) is 132 cm³/mol. The molecule has 9 nitrogen and oxygen atoms in total. The van der Waals surface area contributed by atoms with E-state index in [2.05, 4.69) is 20.3 Å². The lowest BCUT2D eigenvalue weighted by atomic mass is 10.1. The Hall–Kier alpha value is -3.79. The third-order valence-electron chi connectivity index (χ3n) is 6.19. The maximum atomic E-state index is 13.3. The van der Waals surface area contributed by atoms with Crippen molar-refractivity contribution in [2.24, 2.45) is 0 Å². The highest BCUT2D eigenvalue weighted by molar-refractivity contribution is 7.91. The standard InChI is InChI=1S/C25H25N5O4S/c1-16-28-23-22(30(16)19-10-12-35(32,33)15-19)13-21(17-6-8-20(34-2)9-7-17)29-24(23)25(31)27-14-18-5-3-4-11-26-18/h3-9,11,13,19H,10,12,14-15H2,1-2H3,(H,27,31). The Bertz CT molecular complexity index is 1500. The van der Waals surface area contributed by atoms with Crippen LogP contribution < -0.4 is 10.1 Å². The van der Waals surface area contributed by atoms with Crippen molar-refractivity contribution < 1.29 is 17.9 Å². The Balaban J connectivity index is 1.61. The average Bonchev–Trinajstić information content (AvgIpc) is 3.39. The highest BCUT2D eigenvalue weighted by atomic mass is 32.2. The van der Waals surface area contributed by atoms with Crippen LogP contribution in [0.3, 0.4) is 0 Å². The minimum absolute atomic E-state index is 0.0562. The van der Waals surface area contributed by atoms with E-state index in [1.165, 1.54) is 0 Å². The van der Waals surface area contributed by atoms with Crippen LogP contribution in [-0.2, 0) is 16.4 Å². The molecule has 0 radical (unpaired) electrons. The molecule has 1 aliphatic heterocycles. The number of carbonyl (C=O) groups is 1. The molecule has 35 heavy (non-hydrogen) atoms. The van der Waals surface area contributed by atoms with Crippen LogP contribution in [0.4, 0.5) is 0 Å². The summed E-state index contributed by atoms with van der Waals surface area (Å²) in [7, 11) is -1.51. The van der Waals surface area contributed by atoms with E-state index in [1.807, 2.05) is 60.0 Å². The second kappa shape index (κ2) is 9.10. The van der Waals surface area contributed by atoms with E-state index in [9.17, 15) is 13.2 Å². The SMILES string of the molecule is COc1ccc(-c2cc3c(nc(C)n3C3CCS(=O)(=O)C3)c(C(=O)NCc3ccccn3)n2)cc1. The van der Waals surface area contributed by atoms with E-state index in [0.717, 1.165) is 11.3 Å². The molecule has 1 atom stereocenters. The van der Waals surface area contributed by atoms with Gasteiger partial charge >= 0.3 is 0 Å². The Kier molecular flexibility index (Phi) is 5.98. The van der Waals surface area contributed by atoms with Crippen LogP contribution in [0.5, 0.6) is 5.75 Å². The molecular formula is C25H25N5O4S. The number of imidazole rings is 1. The van der Waals surface area contributed by atoms with Crippen molar-refractivity contribution in [2.75, 3.05) is 18.6 Å². The number of rotatable bonds is 6. The minimum atomic E-state index is -3.11. The molecule has 10 heteroatoms. The van der Waals surface area contributed by atoms with Gasteiger partial charge in [0.05, 0.1) is 48.1 Å². The zero-order valence-electron chi connectivity index (χ0n) is 19.4. The number of hydrogen-bond acceptors (Lipinski definition) is 7. The van der Waals surface area contributed by atoms with Crippen LogP contribution in [0, 0.1) is 6.92 Å². The number of amides is 1. The molecule has 0 spiro atoms. The molecule has 0 saturated carbocycles. The summed E-state index contributed by atoms with van der Waals surface area (Å²) >= 11 is 0. The normalized spacial score (nSPS) is 16.9.